The second-order valence-corrected chi connectivity index (χ2v) is 5.03. The largest absolute Gasteiger partial charge is 0.496 e. The van der Waals surface area contributed by atoms with Gasteiger partial charge >= 0.3 is 0 Å². The highest BCUT2D eigenvalue weighted by atomic mass is 35.5. The second kappa shape index (κ2) is 4.64. The first kappa shape index (κ1) is 11.7. The number of hydrogen-bond acceptors (Lipinski definition) is 2. The molecule has 0 heterocycles. The lowest BCUT2D eigenvalue weighted by molar-refractivity contribution is 0.400. The molecule has 0 spiro atoms. The fourth-order valence-electron chi connectivity index (χ4n) is 2.01. The Hall–Kier alpha value is -0.730. The summed E-state index contributed by atoms with van der Waals surface area (Å²) in [5.74, 6) is 1.70. The van der Waals surface area contributed by atoms with E-state index in [-0.39, 0.29) is 6.04 Å². The number of methoxy groups -OCH3 is 1. The van der Waals surface area contributed by atoms with Crippen LogP contribution in [-0.4, -0.2) is 13.2 Å². The number of hydrogen-bond donors (Lipinski definition) is 1. The van der Waals surface area contributed by atoms with Crippen molar-refractivity contribution in [2.24, 2.45) is 5.92 Å². The molecule has 1 saturated carbocycles. The SMILES string of the molecule is COc1ccc(Cl)cc1C(C)NC1CC1C. The molecule has 0 saturated heterocycles. The quantitative estimate of drug-likeness (QED) is 0.870. The fourth-order valence-corrected chi connectivity index (χ4v) is 2.19. The van der Waals surface area contributed by atoms with Crippen molar-refractivity contribution in [2.45, 2.75) is 32.4 Å². The maximum absolute atomic E-state index is 6.02. The maximum atomic E-state index is 6.02. The molecular weight excluding hydrogens is 222 g/mol. The molecule has 3 atom stereocenters. The van der Waals surface area contributed by atoms with Gasteiger partial charge in [0.05, 0.1) is 7.11 Å². The predicted molar refractivity (Wildman–Crippen MR) is 67.1 cm³/mol. The van der Waals surface area contributed by atoms with E-state index >= 15 is 0 Å². The van der Waals surface area contributed by atoms with E-state index in [9.17, 15) is 0 Å². The molecule has 0 amide bonds. The van der Waals surface area contributed by atoms with Crippen molar-refractivity contribution in [3.05, 3.63) is 28.8 Å². The van der Waals surface area contributed by atoms with Gasteiger partial charge in [0.25, 0.3) is 0 Å². The van der Waals surface area contributed by atoms with Crippen molar-refractivity contribution in [2.75, 3.05) is 7.11 Å². The summed E-state index contributed by atoms with van der Waals surface area (Å²) in [6.45, 7) is 4.42. The average molecular weight is 240 g/mol. The predicted octanol–water partition coefficient (Wildman–Crippen LogP) is 3.41. The Morgan fingerprint density at radius 3 is 2.75 bits per heavy atom. The summed E-state index contributed by atoms with van der Waals surface area (Å²) in [5, 5.41) is 4.34. The fraction of sp³-hybridized carbons (Fsp3) is 0.538. The molecule has 0 aromatic heterocycles. The van der Waals surface area contributed by atoms with Crippen LogP contribution in [0, 0.1) is 5.92 Å². The van der Waals surface area contributed by atoms with Gasteiger partial charge < -0.3 is 10.1 Å². The molecular formula is C13H18ClNO. The third kappa shape index (κ3) is 2.50. The number of rotatable bonds is 4. The zero-order chi connectivity index (χ0) is 11.7. The summed E-state index contributed by atoms with van der Waals surface area (Å²) in [6.07, 6.45) is 1.27. The van der Waals surface area contributed by atoms with E-state index in [1.165, 1.54) is 6.42 Å². The van der Waals surface area contributed by atoms with Crippen molar-refractivity contribution in [3.8, 4) is 5.75 Å². The second-order valence-electron chi connectivity index (χ2n) is 4.59. The van der Waals surface area contributed by atoms with Crippen molar-refractivity contribution in [1.82, 2.24) is 5.32 Å². The first-order valence-electron chi connectivity index (χ1n) is 5.71. The zero-order valence-corrected chi connectivity index (χ0v) is 10.7. The Morgan fingerprint density at radius 1 is 1.50 bits per heavy atom. The van der Waals surface area contributed by atoms with Gasteiger partial charge in [0.2, 0.25) is 0 Å². The molecule has 2 rings (SSSR count). The van der Waals surface area contributed by atoms with Crippen LogP contribution in [0.5, 0.6) is 5.75 Å². The lowest BCUT2D eigenvalue weighted by Gasteiger charge is -2.17. The Bertz CT molecular complexity index is 380. The van der Waals surface area contributed by atoms with Gasteiger partial charge in [-0.15, -0.1) is 0 Å². The molecule has 2 nitrogen and oxygen atoms in total. The van der Waals surface area contributed by atoms with Gasteiger partial charge in [-0.3, -0.25) is 0 Å². The first-order chi connectivity index (χ1) is 7.61. The van der Waals surface area contributed by atoms with Crippen LogP contribution in [0.3, 0.4) is 0 Å². The van der Waals surface area contributed by atoms with Crippen LogP contribution in [0.1, 0.15) is 31.9 Å². The summed E-state index contributed by atoms with van der Waals surface area (Å²) in [7, 11) is 1.69. The van der Waals surface area contributed by atoms with Gasteiger partial charge in [-0.1, -0.05) is 18.5 Å². The molecule has 1 aliphatic carbocycles. The molecule has 1 aromatic carbocycles. The summed E-state index contributed by atoms with van der Waals surface area (Å²) < 4.78 is 5.35. The molecule has 0 radical (unpaired) electrons. The lowest BCUT2D eigenvalue weighted by atomic mass is 10.1. The van der Waals surface area contributed by atoms with Crippen molar-refractivity contribution < 1.29 is 4.74 Å². The van der Waals surface area contributed by atoms with E-state index in [4.69, 9.17) is 16.3 Å². The summed E-state index contributed by atoms with van der Waals surface area (Å²) in [6, 6.07) is 6.69. The molecule has 88 valence electrons. The molecule has 0 aliphatic heterocycles. The lowest BCUT2D eigenvalue weighted by Crippen LogP contribution is -2.22. The molecule has 1 fully saturated rings. The number of nitrogens with one attached hydrogen (secondary N) is 1. The third-order valence-corrected chi connectivity index (χ3v) is 3.47. The van der Waals surface area contributed by atoms with Crippen LogP contribution < -0.4 is 10.1 Å². The first-order valence-corrected chi connectivity index (χ1v) is 6.09. The minimum atomic E-state index is 0.281. The van der Waals surface area contributed by atoms with Gasteiger partial charge in [0.1, 0.15) is 5.75 Å². The maximum Gasteiger partial charge on any atom is 0.123 e. The molecule has 1 N–H and O–H groups in total. The molecule has 3 unspecified atom stereocenters. The summed E-state index contributed by atoms with van der Waals surface area (Å²) in [4.78, 5) is 0. The standard InChI is InChI=1S/C13H18ClNO/c1-8-6-12(8)15-9(2)11-7-10(14)4-5-13(11)16-3/h4-5,7-9,12,15H,6H2,1-3H3. The average Bonchev–Trinajstić information content (AvgIpc) is 2.94. The van der Waals surface area contributed by atoms with Crippen molar-refractivity contribution in [1.29, 1.82) is 0 Å². The van der Waals surface area contributed by atoms with Gasteiger partial charge in [0, 0.05) is 22.7 Å². The smallest absolute Gasteiger partial charge is 0.123 e. The molecule has 1 aromatic rings. The minimum absolute atomic E-state index is 0.281. The highest BCUT2D eigenvalue weighted by molar-refractivity contribution is 6.30. The monoisotopic (exact) mass is 239 g/mol. The van der Waals surface area contributed by atoms with Crippen LogP contribution in [0.25, 0.3) is 0 Å². The van der Waals surface area contributed by atoms with Gasteiger partial charge in [0.15, 0.2) is 0 Å². The van der Waals surface area contributed by atoms with E-state index < -0.39 is 0 Å². The highest BCUT2D eigenvalue weighted by Crippen LogP contribution is 2.34. The van der Waals surface area contributed by atoms with Gasteiger partial charge in [-0.2, -0.15) is 0 Å². The zero-order valence-electron chi connectivity index (χ0n) is 9.96. The summed E-state index contributed by atoms with van der Waals surface area (Å²) in [5.41, 5.74) is 1.13. The van der Waals surface area contributed by atoms with Crippen LogP contribution >= 0.6 is 11.6 Å². The topological polar surface area (TPSA) is 21.3 Å². The number of halogens is 1. The van der Waals surface area contributed by atoms with Crippen molar-refractivity contribution in [3.63, 3.8) is 0 Å². The van der Waals surface area contributed by atoms with Crippen LogP contribution in [0.4, 0.5) is 0 Å². The van der Waals surface area contributed by atoms with Gasteiger partial charge in [-0.05, 0) is 37.5 Å². The van der Waals surface area contributed by atoms with E-state index in [1.807, 2.05) is 18.2 Å². The van der Waals surface area contributed by atoms with E-state index in [0.717, 1.165) is 22.3 Å². The Balaban J connectivity index is 2.13. The molecule has 16 heavy (non-hydrogen) atoms. The third-order valence-electron chi connectivity index (χ3n) is 3.23. The minimum Gasteiger partial charge on any atom is -0.496 e. The van der Waals surface area contributed by atoms with Crippen LogP contribution in [0.15, 0.2) is 18.2 Å². The highest BCUT2D eigenvalue weighted by Gasteiger charge is 2.33. The van der Waals surface area contributed by atoms with Crippen molar-refractivity contribution >= 4 is 11.6 Å². The van der Waals surface area contributed by atoms with Crippen LogP contribution in [0.2, 0.25) is 5.02 Å². The summed E-state index contributed by atoms with van der Waals surface area (Å²) >= 11 is 6.02. The Morgan fingerprint density at radius 2 is 2.19 bits per heavy atom. The number of ether oxygens (including phenoxy) is 1. The molecule has 1 aliphatic rings. The van der Waals surface area contributed by atoms with E-state index in [1.54, 1.807) is 7.11 Å². The Labute approximate surface area is 102 Å². The van der Waals surface area contributed by atoms with Crippen LogP contribution in [-0.2, 0) is 0 Å². The van der Waals surface area contributed by atoms with E-state index in [2.05, 4.69) is 19.2 Å². The number of benzene rings is 1. The normalized spacial score (nSPS) is 25.2. The van der Waals surface area contributed by atoms with Gasteiger partial charge in [-0.25, -0.2) is 0 Å². The molecule has 0 bridgehead atoms. The van der Waals surface area contributed by atoms with E-state index in [0.29, 0.717) is 6.04 Å². The molecule has 3 heteroatoms. The Kier molecular flexibility index (Phi) is 3.41.